The molecule has 80 valence electrons. The molecular weight excluding hydrogens is 196 g/mol. The second-order valence-corrected chi connectivity index (χ2v) is 3.06. The van der Waals surface area contributed by atoms with Gasteiger partial charge in [0, 0.05) is 12.7 Å². The minimum Gasteiger partial charge on any atom is -0.465 e. The van der Waals surface area contributed by atoms with Crippen LogP contribution in [0.1, 0.15) is 21.7 Å². The lowest BCUT2D eigenvalue weighted by molar-refractivity contribution is 0.0600. The first kappa shape index (κ1) is 11.2. The van der Waals surface area contributed by atoms with Gasteiger partial charge < -0.3 is 9.30 Å². The van der Waals surface area contributed by atoms with Crippen LogP contribution in [-0.2, 0) is 11.8 Å². The maximum absolute atomic E-state index is 11.4. The van der Waals surface area contributed by atoms with Gasteiger partial charge in [0.1, 0.15) is 0 Å². The number of carbonyl (C=O) groups excluding carboxylic acids is 1. The van der Waals surface area contributed by atoms with Crippen molar-refractivity contribution >= 4 is 12.0 Å². The SMILES string of the molecule is COC(=O)c1cc(C)n(C)c1/C=C/N=O. The van der Waals surface area contributed by atoms with Crippen LogP contribution in [0.5, 0.6) is 0 Å². The highest BCUT2D eigenvalue weighted by Gasteiger charge is 2.15. The third-order valence-corrected chi connectivity index (χ3v) is 2.22. The molecule has 1 aromatic rings. The Balaban J connectivity index is 3.26. The molecule has 0 unspecified atom stereocenters. The smallest absolute Gasteiger partial charge is 0.340 e. The number of esters is 1. The van der Waals surface area contributed by atoms with Crippen LogP contribution in [0.4, 0.5) is 0 Å². The van der Waals surface area contributed by atoms with Crippen molar-refractivity contribution in [2.24, 2.45) is 12.2 Å². The van der Waals surface area contributed by atoms with Gasteiger partial charge in [0.25, 0.3) is 0 Å². The van der Waals surface area contributed by atoms with Crippen molar-refractivity contribution in [1.82, 2.24) is 4.57 Å². The molecule has 0 radical (unpaired) electrons. The first-order valence-electron chi connectivity index (χ1n) is 4.35. The summed E-state index contributed by atoms with van der Waals surface area (Å²) in [7, 11) is 3.11. The maximum atomic E-state index is 11.4. The summed E-state index contributed by atoms with van der Waals surface area (Å²) in [5.74, 6) is -0.427. The number of carbonyl (C=O) groups is 1. The standard InChI is InChI=1S/C10H12N2O3/c1-7-6-8(10(13)15-3)9(12(7)2)4-5-11-14/h4-6H,1-3H3/b5-4+. The summed E-state index contributed by atoms with van der Waals surface area (Å²) < 4.78 is 6.42. The summed E-state index contributed by atoms with van der Waals surface area (Å²) in [6.45, 7) is 1.86. The highest BCUT2D eigenvalue weighted by Crippen LogP contribution is 2.17. The van der Waals surface area contributed by atoms with Gasteiger partial charge in [-0.25, -0.2) is 4.79 Å². The summed E-state index contributed by atoms with van der Waals surface area (Å²) in [5, 5.41) is 2.61. The molecule has 0 aromatic carbocycles. The van der Waals surface area contributed by atoms with Crippen LogP contribution < -0.4 is 0 Å². The molecule has 15 heavy (non-hydrogen) atoms. The molecule has 0 aliphatic heterocycles. The first-order chi connectivity index (χ1) is 7.11. The number of nitroso groups, excluding NO2 is 1. The van der Waals surface area contributed by atoms with Gasteiger partial charge in [-0.15, -0.1) is 4.91 Å². The van der Waals surface area contributed by atoms with E-state index in [4.69, 9.17) is 0 Å². The van der Waals surface area contributed by atoms with Crippen molar-refractivity contribution < 1.29 is 9.53 Å². The molecule has 0 spiro atoms. The molecule has 5 nitrogen and oxygen atoms in total. The number of hydrogen-bond acceptors (Lipinski definition) is 4. The van der Waals surface area contributed by atoms with Crippen LogP contribution >= 0.6 is 0 Å². The van der Waals surface area contributed by atoms with Gasteiger partial charge in [0.2, 0.25) is 0 Å². The minimum atomic E-state index is -0.427. The van der Waals surface area contributed by atoms with Gasteiger partial charge in [-0.05, 0) is 24.2 Å². The van der Waals surface area contributed by atoms with Crippen LogP contribution in [0.2, 0.25) is 0 Å². The molecule has 1 heterocycles. The summed E-state index contributed by atoms with van der Waals surface area (Å²) in [5.41, 5.74) is 1.94. The van der Waals surface area contributed by atoms with Crippen molar-refractivity contribution in [3.8, 4) is 0 Å². The van der Waals surface area contributed by atoms with Gasteiger partial charge in [0.05, 0.1) is 24.6 Å². The Morgan fingerprint density at radius 2 is 2.27 bits per heavy atom. The van der Waals surface area contributed by atoms with Crippen LogP contribution in [0.3, 0.4) is 0 Å². The number of methoxy groups -OCH3 is 1. The number of rotatable bonds is 3. The van der Waals surface area contributed by atoms with E-state index in [-0.39, 0.29) is 0 Å². The van der Waals surface area contributed by atoms with Gasteiger partial charge in [-0.2, -0.15) is 0 Å². The Hall–Kier alpha value is -1.91. The van der Waals surface area contributed by atoms with E-state index in [1.165, 1.54) is 13.2 Å². The van der Waals surface area contributed by atoms with E-state index in [9.17, 15) is 9.70 Å². The second-order valence-electron chi connectivity index (χ2n) is 3.06. The minimum absolute atomic E-state index is 0.427. The number of aryl methyl sites for hydroxylation is 1. The van der Waals surface area contributed by atoms with Crippen molar-refractivity contribution in [1.29, 1.82) is 0 Å². The van der Waals surface area contributed by atoms with E-state index in [0.29, 0.717) is 11.3 Å². The fourth-order valence-electron chi connectivity index (χ4n) is 1.33. The molecule has 0 fully saturated rings. The average molecular weight is 208 g/mol. The molecule has 0 aliphatic carbocycles. The molecule has 1 aromatic heterocycles. The van der Waals surface area contributed by atoms with E-state index in [1.54, 1.807) is 17.7 Å². The van der Waals surface area contributed by atoms with Crippen LogP contribution in [0.15, 0.2) is 17.4 Å². The third-order valence-electron chi connectivity index (χ3n) is 2.22. The van der Waals surface area contributed by atoms with E-state index in [1.807, 2.05) is 6.92 Å². The number of ether oxygens (including phenoxy) is 1. The van der Waals surface area contributed by atoms with Gasteiger partial charge >= 0.3 is 5.97 Å². The molecule has 0 N–H and O–H groups in total. The second kappa shape index (κ2) is 4.54. The Morgan fingerprint density at radius 1 is 1.60 bits per heavy atom. The fraction of sp³-hybridized carbons (Fsp3) is 0.300. The van der Waals surface area contributed by atoms with E-state index in [2.05, 4.69) is 9.91 Å². The van der Waals surface area contributed by atoms with Crippen molar-refractivity contribution in [2.45, 2.75) is 6.92 Å². The topological polar surface area (TPSA) is 60.7 Å². The van der Waals surface area contributed by atoms with Crippen LogP contribution in [0.25, 0.3) is 6.08 Å². The zero-order valence-corrected chi connectivity index (χ0v) is 8.85. The Labute approximate surface area is 87.3 Å². The molecule has 0 bridgehead atoms. The first-order valence-corrected chi connectivity index (χ1v) is 4.35. The number of aromatic nitrogens is 1. The Kier molecular flexibility index (Phi) is 3.38. The van der Waals surface area contributed by atoms with Crippen molar-refractivity contribution in [2.75, 3.05) is 7.11 Å². The van der Waals surface area contributed by atoms with E-state index >= 15 is 0 Å². The lowest BCUT2D eigenvalue weighted by Gasteiger charge is -2.01. The quantitative estimate of drug-likeness (QED) is 0.562. The molecular formula is C10H12N2O3. The van der Waals surface area contributed by atoms with Crippen molar-refractivity contribution in [3.63, 3.8) is 0 Å². The zero-order valence-electron chi connectivity index (χ0n) is 8.85. The van der Waals surface area contributed by atoms with Gasteiger partial charge in [-0.3, -0.25) is 0 Å². The summed E-state index contributed by atoms with van der Waals surface area (Å²) in [6.07, 6.45) is 2.58. The molecule has 0 saturated heterocycles. The predicted octanol–water partition coefficient (Wildman–Crippen LogP) is 1.86. The zero-order chi connectivity index (χ0) is 11.4. The molecule has 0 amide bonds. The van der Waals surface area contributed by atoms with E-state index in [0.717, 1.165) is 11.9 Å². The highest BCUT2D eigenvalue weighted by molar-refractivity contribution is 5.93. The average Bonchev–Trinajstić information content (AvgIpc) is 2.52. The van der Waals surface area contributed by atoms with Crippen LogP contribution in [-0.4, -0.2) is 17.6 Å². The van der Waals surface area contributed by atoms with Crippen LogP contribution in [0, 0.1) is 11.8 Å². The third kappa shape index (κ3) is 2.12. The largest absolute Gasteiger partial charge is 0.465 e. The normalized spacial score (nSPS) is 10.6. The molecule has 0 aliphatic rings. The molecule has 1 rings (SSSR count). The maximum Gasteiger partial charge on any atom is 0.340 e. The fourth-order valence-corrected chi connectivity index (χ4v) is 1.33. The van der Waals surface area contributed by atoms with E-state index < -0.39 is 5.97 Å². The molecule has 5 heteroatoms. The predicted molar refractivity (Wildman–Crippen MR) is 56.3 cm³/mol. The number of hydrogen-bond donors (Lipinski definition) is 0. The van der Waals surface area contributed by atoms with Gasteiger partial charge in [0.15, 0.2) is 0 Å². The molecule has 0 saturated carbocycles. The Bertz CT molecular complexity index is 419. The monoisotopic (exact) mass is 208 g/mol. The van der Waals surface area contributed by atoms with Gasteiger partial charge in [-0.1, -0.05) is 0 Å². The molecule has 0 atom stereocenters. The van der Waals surface area contributed by atoms with Crippen molar-refractivity contribution in [3.05, 3.63) is 34.1 Å². The summed E-state index contributed by atoms with van der Waals surface area (Å²) in [4.78, 5) is 21.4. The Morgan fingerprint density at radius 3 is 2.80 bits per heavy atom. The summed E-state index contributed by atoms with van der Waals surface area (Å²) in [6, 6.07) is 1.70. The highest BCUT2D eigenvalue weighted by atomic mass is 16.5. The lowest BCUT2D eigenvalue weighted by Crippen LogP contribution is -2.03. The summed E-state index contributed by atoms with van der Waals surface area (Å²) >= 11 is 0. The number of nitrogens with zero attached hydrogens (tertiary/aromatic N) is 2. The lowest BCUT2D eigenvalue weighted by atomic mass is 10.2.